The minimum Gasteiger partial charge on any atom is -0.668 e. The van der Waals surface area contributed by atoms with Gasteiger partial charge in [0.15, 0.2) is 0 Å². The van der Waals surface area contributed by atoms with Gasteiger partial charge in [0.1, 0.15) is 0 Å². The smallest absolute Gasteiger partial charge is 0.668 e. The van der Waals surface area contributed by atoms with Crippen LogP contribution in [0.1, 0.15) is 27.7 Å². The third kappa shape index (κ3) is 169. The van der Waals surface area contributed by atoms with Crippen LogP contribution in [-0.2, 0) is 21.7 Å². The summed E-state index contributed by atoms with van der Waals surface area (Å²) in [5, 5.41) is 14.8. The van der Waals surface area contributed by atoms with E-state index in [0.717, 1.165) is 0 Å². The van der Waals surface area contributed by atoms with Crippen LogP contribution in [0.2, 0.25) is 0 Å². The van der Waals surface area contributed by atoms with Crippen molar-refractivity contribution in [2.75, 3.05) is 42.3 Å². The van der Waals surface area contributed by atoms with Crippen LogP contribution in [0.5, 0.6) is 0 Å². The normalized spacial score (nSPS) is 7.76. The zero-order valence-electron chi connectivity index (χ0n) is 13.4. The molecule has 0 heterocycles. The van der Waals surface area contributed by atoms with Crippen molar-refractivity contribution in [2.45, 2.75) is 39.8 Å². The molecule has 0 fully saturated rings. The molecule has 0 radical (unpaired) electrons. The fourth-order valence-electron chi connectivity index (χ4n) is 0.596. The maximum atomic E-state index is 4.28. The van der Waals surface area contributed by atoms with Crippen molar-refractivity contribution >= 4 is 0 Å². The van der Waals surface area contributed by atoms with Gasteiger partial charge in [0, 0.05) is 0 Å². The monoisotopic (exact) mass is 280 g/mol. The van der Waals surface area contributed by atoms with E-state index in [0.29, 0.717) is 12.1 Å². The molecular weight excluding hydrogens is 248 g/mol. The third-order valence-corrected chi connectivity index (χ3v) is 0.596. The third-order valence-electron chi connectivity index (χ3n) is 0.596. The fourth-order valence-corrected chi connectivity index (χ4v) is 0.596. The first-order chi connectivity index (χ1) is 7.37. The quantitative estimate of drug-likeness (QED) is 0.686. The molecule has 0 N–H and O–H groups in total. The van der Waals surface area contributed by atoms with Crippen LogP contribution in [0.3, 0.4) is 0 Å². The van der Waals surface area contributed by atoms with E-state index < -0.39 is 0 Å². The molecule has 0 aliphatic carbocycles. The van der Waals surface area contributed by atoms with E-state index in [1.165, 1.54) is 0 Å². The average Bonchev–Trinajstić information content (AvgIpc) is 2.04. The SMILES string of the molecule is CC(C)[N-]C(C)C.C[N-]C.C[N-]C.C[N-]C.[Ti+4]. The maximum Gasteiger partial charge on any atom is 4.00 e. The average molecular weight is 280 g/mol. The minimum atomic E-state index is 0. The van der Waals surface area contributed by atoms with Gasteiger partial charge in [-0.15, -0.1) is 12.1 Å². The summed E-state index contributed by atoms with van der Waals surface area (Å²) in [6.07, 6.45) is 0. The zero-order chi connectivity index (χ0) is 14.0. The summed E-state index contributed by atoms with van der Waals surface area (Å²) in [5.41, 5.74) is 0. The number of hydrogen-bond donors (Lipinski definition) is 0. The first-order valence-corrected chi connectivity index (χ1v) is 5.51. The Balaban J connectivity index is -0.0000000411. The zero-order valence-corrected chi connectivity index (χ0v) is 15.0. The van der Waals surface area contributed by atoms with Crippen LogP contribution < -0.4 is 0 Å². The molecule has 0 unspecified atom stereocenters. The van der Waals surface area contributed by atoms with Crippen molar-refractivity contribution in [3.8, 4) is 0 Å². The van der Waals surface area contributed by atoms with E-state index in [1.807, 2.05) is 0 Å². The van der Waals surface area contributed by atoms with Gasteiger partial charge in [-0.1, -0.05) is 27.7 Å². The van der Waals surface area contributed by atoms with E-state index in [9.17, 15) is 0 Å². The first kappa shape index (κ1) is 30.5. The predicted molar refractivity (Wildman–Crippen MR) is 79.3 cm³/mol. The predicted octanol–water partition coefficient (Wildman–Crippen LogP) is 4.03. The molecule has 0 aliphatic rings. The molecule has 0 saturated heterocycles. The van der Waals surface area contributed by atoms with Crippen LogP contribution >= 0.6 is 0 Å². The summed E-state index contributed by atoms with van der Waals surface area (Å²) in [4.78, 5) is 0. The molecule has 4 nitrogen and oxygen atoms in total. The molecule has 0 aromatic rings. The van der Waals surface area contributed by atoms with E-state index in [-0.39, 0.29) is 21.7 Å². The summed E-state index contributed by atoms with van der Waals surface area (Å²) >= 11 is 0. The second-order valence-electron chi connectivity index (χ2n) is 3.68. The van der Waals surface area contributed by atoms with Crippen LogP contribution in [0.25, 0.3) is 21.3 Å². The van der Waals surface area contributed by atoms with Crippen molar-refractivity contribution in [3.63, 3.8) is 0 Å². The Hall–Kier alpha value is 0.554. The van der Waals surface area contributed by atoms with Crippen molar-refractivity contribution in [1.82, 2.24) is 0 Å². The van der Waals surface area contributed by atoms with E-state index in [4.69, 9.17) is 0 Å². The van der Waals surface area contributed by atoms with E-state index in [1.54, 1.807) is 42.3 Å². The number of rotatable bonds is 2. The minimum absolute atomic E-state index is 0. The number of nitrogens with zero attached hydrogens (tertiary/aromatic N) is 4. The molecule has 0 aromatic carbocycles. The molecular formula is C12H32N4Ti. The standard InChI is InChI=1S/C6H14N.3C2H6N.Ti/c1-5(2)7-6(3)4;3*1-3-2;/h5-6H,1-4H3;3*1-2H3;/q4*-1;+4. The topological polar surface area (TPSA) is 56.4 Å². The molecule has 0 bridgehead atoms. The van der Waals surface area contributed by atoms with Crippen LogP contribution in [0, 0.1) is 0 Å². The van der Waals surface area contributed by atoms with Crippen LogP contribution in [-0.4, -0.2) is 54.4 Å². The summed E-state index contributed by atoms with van der Waals surface area (Å²) < 4.78 is 0. The molecule has 0 atom stereocenters. The molecule has 17 heavy (non-hydrogen) atoms. The van der Waals surface area contributed by atoms with Crippen LogP contribution in [0.15, 0.2) is 0 Å². The van der Waals surface area contributed by atoms with Gasteiger partial charge in [-0.05, 0) is 0 Å². The second-order valence-corrected chi connectivity index (χ2v) is 3.68. The van der Waals surface area contributed by atoms with Gasteiger partial charge in [0.05, 0.1) is 0 Å². The summed E-state index contributed by atoms with van der Waals surface area (Å²) in [5.74, 6) is 0. The Morgan fingerprint density at radius 1 is 0.529 bits per heavy atom. The van der Waals surface area contributed by atoms with Gasteiger partial charge in [0.2, 0.25) is 0 Å². The van der Waals surface area contributed by atoms with Crippen molar-refractivity contribution in [2.24, 2.45) is 0 Å². The molecule has 0 saturated carbocycles. The molecule has 0 rings (SSSR count). The van der Waals surface area contributed by atoms with Gasteiger partial charge in [-0.3, -0.25) is 0 Å². The number of hydrogen-bond acceptors (Lipinski definition) is 0. The van der Waals surface area contributed by atoms with Crippen LogP contribution in [0.4, 0.5) is 0 Å². The van der Waals surface area contributed by atoms with Gasteiger partial charge in [-0.2, -0.15) is 42.3 Å². The largest absolute Gasteiger partial charge is 4.00 e. The molecule has 0 aliphatic heterocycles. The molecule has 0 aromatic heterocycles. The maximum absolute atomic E-state index is 4.28. The van der Waals surface area contributed by atoms with Gasteiger partial charge >= 0.3 is 21.7 Å². The molecule has 104 valence electrons. The van der Waals surface area contributed by atoms with E-state index >= 15 is 0 Å². The molecule has 0 amide bonds. The fraction of sp³-hybridized carbons (Fsp3) is 1.00. The summed E-state index contributed by atoms with van der Waals surface area (Å²) in [6.45, 7) is 8.39. The Morgan fingerprint density at radius 2 is 0.647 bits per heavy atom. The van der Waals surface area contributed by atoms with Crippen molar-refractivity contribution in [1.29, 1.82) is 0 Å². The summed E-state index contributed by atoms with van der Waals surface area (Å²) in [6, 6.07) is 1.000. The molecule has 0 spiro atoms. The van der Waals surface area contributed by atoms with Crippen molar-refractivity contribution in [3.05, 3.63) is 21.3 Å². The van der Waals surface area contributed by atoms with Crippen molar-refractivity contribution < 1.29 is 21.7 Å². The van der Waals surface area contributed by atoms with Gasteiger partial charge in [-0.25, -0.2) is 0 Å². The Morgan fingerprint density at radius 3 is 0.647 bits per heavy atom. The first-order valence-electron chi connectivity index (χ1n) is 5.51. The Bertz CT molecular complexity index is 70.2. The summed E-state index contributed by atoms with van der Waals surface area (Å²) in [7, 11) is 10.5. The second kappa shape index (κ2) is 36.0. The van der Waals surface area contributed by atoms with E-state index in [2.05, 4.69) is 49.0 Å². The Kier molecular flexibility index (Phi) is 64.6. The molecule has 5 heteroatoms. The Labute approximate surface area is 125 Å². The van der Waals surface area contributed by atoms with Gasteiger partial charge < -0.3 is 21.3 Å². The van der Waals surface area contributed by atoms with Gasteiger partial charge in [0.25, 0.3) is 0 Å².